The van der Waals surface area contributed by atoms with Gasteiger partial charge in [-0.05, 0) is 38.5 Å². The Morgan fingerprint density at radius 3 is 3.00 bits per heavy atom. The second-order valence-electron chi connectivity index (χ2n) is 3.66. The van der Waals surface area contributed by atoms with Crippen LogP contribution in [0.15, 0.2) is 0 Å². The van der Waals surface area contributed by atoms with E-state index in [9.17, 15) is 0 Å². The number of hydrogen-bond acceptors (Lipinski definition) is 3. The van der Waals surface area contributed by atoms with Crippen molar-refractivity contribution in [3.63, 3.8) is 0 Å². The Morgan fingerprint density at radius 2 is 2.42 bits per heavy atom. The van der Waals surface area contributed by atoms with Gasteiger partial charge in [-0.25, -0.2) is 0 Å². The van der Waals surface area contributed by atoms with E-state index in [1.807, 2.05) is 0 Å². The summed E-state index contributed by atoms with van der Waals surface area (Å²) in [6.07, 6.45) is 3.58. The van der Waals surface area contributed by atoms with Gasteiger partial charge in [-0.2, -0.15) is 11.8 Å². The summed E-state index contributed by atoms with van der Waals surface area (Å²) in [4.78, 5) is 0. The molecule has 3 heteroatoms. The summed E-state index contributed by atoms with van der Waals surface area (Å²) >= 11 is 2.08. The average Bonchev–Trinajstić information content (AvgIpc) is 2.47. The molecule has 2 nitrogen and oxygen atoms in total. The van der Waals surface area contributed by atoms with Crippen molar-refractivity contribution in [3.8, 4) is 0 Å². The van der Waals surface area contributed by atoms with Crippen LogP contribution in [-0.4, -0.2) is 35.3 Å². The average molecular weight is 189 g/mol. The van der Waals surface area contributed by atoms with Crippen LogP contribution in [-0.2, 0) is 0 Å². The lowest BCUT2D eigenvalue weighted by atomic mass is 10.1. The van der Waals surface area contributed by atoms with Crippen molar-refractivity contribution < 1.29 is 5.11 Å². The summed E-state index contributed by atoms with van der Waals surface area (Å²) < 4.78 is 0.468. The first-order chi connectivity index (χ1) is 5.77. The smallest absolute Gasteiger partial charge is 0.0443 e. The Labute approximate surface area is 79.1 Å². The van der Waals surface area contributed by atoms with Crippen LogP contribution in [0.4, 0.5) is 0 Å². The van der Waals surface area contributed by atoms with E-state index in [0.29, 0.717) is 11.4 Å². The third-order valence-corrected chi connectivity index (χ3v) is 3.85. The molecule has 2 N–H and O–H groups in total. The van der Waals surface area contributed by atoms with Gasteiger partial charge < -0.3 is 10.4 Å². The molecule has 1 aliphatic rings. The standard InChI is InChI=1S/C9H19NOS/c1-9(4-2-7-12-9)8-10-5-3-6-11/h10-11H,2-8H2,1H3. The van der Waals surface area contributed by atoms with Gasteiger partial charge in [-0.1, -0.05) is 0 Å². The van der Waals surface area contributed by atoms with Gasteiger partial charge in [-0.15, -0.1) is 0 Å². The minimum absolute atomic E-state index is 0.302. The molecule has 1 aliphatic heterocycles. The van der Waals surface area contributed by atoms with Gasteiger partial charge in [0.05, 0.1) is 0 Å². The van der Waals surface area contributed by atoms with E-state index in [1.54, 1.807) is 0 Å². The largest absolute Gasteiger partial charge is 0.396 e. The summed E-state index contributed by atoms with van der Waals surface area (Å²) in [5, 5.41) is 12.0. The molecule has 1 rings (SSSR count). The molecule has 0 saturated carbocycles. The summed E-state index contributed by atoms with van der Waals surface area (Å²) in [7, 11) is 0. The van der Waals surface area contributed by atoms with Crippen molar-refractivity contribution in [1.29, 1.82) is 0 Å². The molecule has 0 amide bonds. The van der Waals surface area contributed by atoms with Crippen molar-refractivity contribution >= 4 is 11.8 Å². The summed E-state index contributed by atoms with van der Waals surface area (Å²) in [6, 6.07) is 0. The van der Waals surface area contributed by atoms with E-state index in [0.717, 1.165) is 19.5 Å². The normalized spacial score (nSPS) is 29.5. The highest BCUT2D eigenvalue weighted by Gasteiger charge is 2.28. The molecule has 0 aromatic rings. The van der Waals surface area contributed by atoms with E-state index in [4.69, 9.17) is 5.11 Å². The highest BCUT2D eigenvalue weighted by molar-refractivity contribution is 8.00. The van der Waals surface area contributed by atoms with Crippen molar-refractivity contribution in [1.82, 2.24) is 5.32 Å². The SMILES string of the molecule is CC1(CNCCCO)CCCS1. The number of hydrogen-bond donors (Lipinski definition) is 2. The molecule has 72 valence electrons. The lowest BCUT2D eigenvalue weighted by Gasteiger charge is -2.22. The van der Waals surface area contributed by atoms with E-state index < -0.39 is 0 Å². The molecular weight excluding hydrogens is 170 g/mol. The highest BCUT2D eigenvalue weighted by atomic mass is 32.2. The summed E-state index contributed by atoms with van der Waals surface area (Å²) in [6.45, 7) is 4.68. The molecule has 0 aromatic carbocycles. The van der Waals surface area contributed by atoms with Crippen molar-refractivity contribution in [2.45, 2.75) is 30.9 Å². The van der Waals surface area contributed by atoms with Crippen molar-refractivity contribution in [3.05, 3.63) is 0 Å². The third kappa shape index (κ3) is 3.33. The Hall–Kier alpha value is 0.270. The second-order valence-corrected chi connectivity index (χ2v) is 5.34. The van der Waals surface area contributed by atoms with Crippen molar-refractivity contribution in [2.75, 3.05) is 25.4 Å². The second kappa shape index (κ2) is 5.10. The first-order valence-electron chi connectivity index (χ1n) is 4.72. The zero-order valence-electron chi connectivity index (χ0n) is 7.81. The molecule has 1 unspecified atom stereocenters. The van der Waals surface area contributed by atoms with Gasteiger partial charge in [0.15, 0.2) is 0 Å². The van der Waals surface area contributed by atoms with Gasteiger partial charge in [-0.3, -0.25) is 0 Å². The minimum Gasteiger partial charge on any atom is -0.396 e. The summed E-state index contributed by atoms with van der Waals surface area (Å²) in [5.74, 6) is 1.32. The molecule has 0 radical (unpaired) electrons. The predicted molar refractivity (Wildman–Crippen MR) is 54.7 cm³/mol. The number of thioether (sulfide) groups is 1. The Morgan fingerprint density at radius 1 is 1.58 bits per heavy atom. The molecule has 0 aliphatic carbocycles. The van der Waals surface area contributed by atoms with Gasteiger partial charge in [0.25, 0.3) is 0 Å². The maximum atomic E-state index is 8.58. The van der Waals surface area contributed by atoms with Crippen LogP contribution in [0.1, 0.15) is 26.2 Å². The van der Waals surface area contributed by atoms with Gasteiger partial charge in [0.2, 0.25) is 0 Å². The Kier molecular flexibility index (Phi) is 4.40. The van der Waals surface area contributed by atoms with Crippen LogP contribution in [0.3, 0.4) is 0 Å². The maximum absolute atomic E-state index is 8.58. The van der Waals surface area contributed by atoms with Gasteiger partial charge in [0, 0.05) is 17.9 Å². The quantitative estimate of drug-likeness (QED) is 0.638. The molecular formula is C9H19NOS. The van der Waals surface area contributed by atoms with Crippen LogP contribution < -0.4 is 5.32 Å². The minimum atomic E-state index is 0.302. The molecule has 1 fully saturated rings. The lowest BCUT2D eigenvalue weighted by molar-refractivity contribution is 0.285. The number of nitrogens with one attached hydrogen (secondary N) is 1. The summed E-state index contributed by atoms with van der Waals surface area (Å²) in [5.41, 5.74) is 0. The maximum Gasteiger partial charge on any atom is 0.0443 e. The number of aliphatic hydroxyl groups excluding tert-OH is 1. The Balaban J connectivity index is 2.05. The molecule has 1 heterocycles. The van der Waals surface area contributed by atoms with Crippen LogP contribution in [0.25, 0.3) is 0 Å². The zero-order chi connectivity index (χ0) is 8.86. The van der Waals surface area contributed by atoms with Gasteiger partial charge >= 0.3 is 0 Å². The van der Waals surface area contributed by atoms with Crippen molar-refractivity contribution in [2.24, 2.45) is 0 Å². The molecule has 12 heavy (non-hydrogen) atoms. The molecule has 1 saturated heterocycles. The van der Waals surface area contributed by atoms with Crippen LogP contribution in [0.2, 0.25) is 0 Å². The zero-order valence-corrected chi connectivity index (χ0v) is 8.62. The van der Waals surface area contributed by atoms with Crippen LogP contribution in [0.5, 0.6) is 0 Å². The first kappa shape index (κ1) is 10.4. The fourth-order valence-electron chi connectivity index (χ4n) is 1.53. The lowest BCUT2D eigenvalue weighted by Crippen LogP contribution is -2.33. The number of rotatable bonds is 5. The molecule has 1 atom stereocenters. The van der Waals surface area contributed by atoms with E-state index >= 15 is 0 Å². The van der Waals surface area contributed by atoms with E-state index in [1.165, 1.54) is 18.6 Å². The fourth-order valence-corrected chi connectivity index (χ4v) is 2.81. The molecule has 0 aromatic heterocycles. The topological polar surface area (TPSA) is 32.3 Å². The number of aliphatic hydroxyl groups is 1. The third-order valence-electron chi connectivity index (χ3n) is 2.31. The predicted octanol–water partition coefficient (Wildman–Crippen LogP) is 1.24. The molecule has 0 bridgehead atoms. The highest BCUT2D eigenvalue weighted by Crippen LogP contribution is 2.36. The first-order valence-corrected chi connectivity index (χ1v) is 5.71. The monoisotopic (exact) mass is 189 g/mol. The van der Waals surface area contributed by atoms with Crippen LogP contribution >= 0.6 is 11.8 Å². The fraction of sp³-hybridized carbons (Fsp3) is 1.00. The molecule has 0 spiro atoms. The Bertz CT molecular complexity index is 124. The van der Waals surface area contributed by atoms with Crippen LogP contribution in [0, 0.1) is 0 Å². The van der Waals surface area contributed by atoms with E-state index in [2.05, 4.69) is 24.0 Å². The van der Waals surface area contributed by atoms with E-state index in [-0.39, 0.29) is 0 Å². The van der Waals surface area contributed by atoms with Gasteiger partial charge in [0.1, 0.15) is 0 Å².